The van der Waals surface area contributed by atoms with Gasteiger partial charge >= 0.3 is 0 Å². The zero-order valence-electron chi connectivity index (χ0n) is 9.16. The minimum Gasteiger partial charge on any atom is -0.368 e. The van der Waals surface area contributed by atoms with Crippen LogP contribution in [0.3, 0.4) is 0 Å². The lowest BCUT2D eigenvalue weighted by atomic mass is 9.82. The zero-order valence-corrected chi connectivity index (χ0v) is 9.16. The van der Waals surface area contributed by atoms with Crippen LogP contribution in [0.4, 0.5) is 0 Å². The maximum atomic E-state index is 11.3. The molecule has 1 aromatic rings. The molecular formula is C10H18N4O. The van der Waals surface area contributed by atoms with Crippen molar-refractivity contribution in [1.29, 1.82) is 0 Å². The molecule has 15 heavy (non-hydrogen) atoms. The minimum absolute atomic E-state index is 0.0259. The Labute approximate surface area is 89.3 Å². The first-order chi connectivity index (χ1) is 6.97. The number of aryl methyl sites for hydroxylation is 1. The van der Waals surface area contributed by atoms with Crippen LogP contribution in [0.15, 0.2) is 12.5 Å². The van der Waals surface area contributed by atoms with Crippen molar-refractivity contribution in [3.05, 3.63) is 18.2 Å². The molecule has 1 atom stereocenters. The first-order valence-electron chi connectivity index (χ1n) is 5.03. The standard InChI is InChI=1S/C10H18N4O/c1-7(2)10(12,9(11)15)4-3-8-5-13-6-14-8/h5-7H,3-4,12H2,1-2H3,(H2,11,15)(H,13,14)/t10-/m0/s1. The normalized spacial score (nSPS) is 15.2. The Morgan fingerprint density at radius 2 is 2.33 bits per heavy atom. The first-order valence-corrected chi connectivity index (χ1v) is 5.03. The summed E-state index contributed by atoms with van der Waals surface area (Å²) >= 11 is 0. The van der Waals surface area contributed by atoms with Crippen LogP contribution < -0.4 is 11.5 Å². The van der Waals surface area contributed by atoms with Gasteiger partial charge in [-0.3, -0.25) is 4.79 Å². The van der Waals surface area contributed by atoms with Crippen molar-refractivity contribution < 1.29 is 4.79 Å². The van der Waals surface area contributed by atoms with E-state index in [0.29, 0.717) is 12.8 Å². The molecule has 0 spiro atoms. The smallest absolute Gasteiger partial charge is 0.237 e. The average molecular weight is 210 g/mol. The van der Waals surface area contributed by atoms with E-state index in [1.807, 2.05) is 13.8 Å². The fourth-order valence-corrected chi connectivity index (χ4v) is 1.46. The van der Waals surface area contributed by atoms with E-state index in [1.165, 1.54) is 0 Å². The average Bonchev–Trinajstić information content (AvgIpc) is 2.65. The van der Waals surface area contributed by atoms with Gasteiger partial charge in [-0.1, -0.05) is 13.8 Å². The van der Waals surface area contributed by atoms with E-state index in [-0.39, 0.29) is 5.92 Å². The van der Waals surface area contributed by atoms with Crippen LogP contribution in [0.25, 0.3) is 0 Å². The quantitative estimate of drug-likeness (QED) is 0.646. The molecule has 1 heterocycles. The van der Waals surface area contributed by atoms with Crippen LogP contribution >= 0.6 is 0 Å². The van der Waals surface area contributed by atoms with Crippen LogP contribution in [-0.4, -0.2) is 21.4 Å². The highest BCUT2D eigenvalue weighted by atomic mass is 16.1. The Morgan fingerprint density at radius 3 is 2.73 bits per heavy atom. The third-order valence-corrected chi connectivity index (χ3v) is 2.85. The van der Waals surface area contributed by atoms with Gasteiger partial charge in [-0.2, -0.15) is 0 Å². The number of primary amides is 1. The summed E-state index contributed by atoms with van der Waals surface area (Å²) in [5, 5.41) is 0. The number of hydrogen-bond donors (Lipinski definition) is 3. The molecule has 0 unspecified atom stereocenters. The van der Waals surface area contributed by atoms with Crippen LogP contribution in [0, 0.1) is 5.92 Å². The molecule has 0 bridgehead atoms. The van der Waals surface area contributed by atoms with Gasteiger partial charge in [0.1, 0.15) is 0 Å². The Hall–Kier alpha value is -1.36. The van der Waals surface area contributed by atoms with Gasteiger partial charge in [0.15, 0.2) is 0 Å². The minimum atomic E-state index is -0.939. The molecule has 5 heteroatoms. The predicted molar refractivity (Wildman–Crippen MR) is 57.9 cm³/mol. The molecule has 1 rings (SSSR count). The number of aromatic nitrogens is 2. The van der Waals surface area contributed by atoms with Crippen LogP contribution in [0.1, 0.15) is 26.0 Å². The molecule has 0 saturated heterocycles. The van der Waals surface area contributed by atoms with Gasteiger partial charge in [-0.25, -0.2) is 4.98 Å². The summed E-state index contributed by atoms with van der Waals surface area (Å²) in [5.74, 6) is -0.421. The van der Waals surface area contributed by atoms with Crippen molar-refractivity contribution in [2.75, 3.05) is 0 Å². The summed E-state index contributed by atoms with van der Waals surface area (Å²) in [4.78, 5) is 18.2. The Morgan fingerprint density at radius 1 is 1.67 bits per heavy atom. The van der Waals surface area contributed by atoms with Crippen molar-refractivity contribution >= 4 is 5.91 Å². The third-order valence-electron chi connectivity index (χ3n) is 2.85. The fourth-order valence-electron chi connectivity index (χ4n) is 1.46. The van der Waals surface area contributed by atoms with Crippen molar-refractivity contribution in [3.8, 4) is 0 Å². The van der Waals surface area contributed by atoms with Gasteiger partial charge < -0.3 is 16.5 Å². The number of rotatable bonds is 5. The van der Waals surface area contributed by atoms with E-state index < -0.39 is 11.4 Å². The molecule has 0 saturated carbocycles. The van der Waals surface area contributed by atoms with Crippen molar-refractivity contribution in [1.82, 2.24) is 9.97 Å². The number of nitrogens with one attached hydrogen (secondary N) is 1. The highest BCUT2D eigenvalue weighted by Crippen LogP contribution is 2.19. The molecule has 84 valence electrons. The number of hydrogen-bond acceptors (Lipinski definition) is 3. The van der Waals surface area contributed by atoms with Gasteiger partial charge in [0.2, 0.25) is 5.91 Å². The van der Waals surface area contributed by atoms with E-state index in [0.717, 1.165) is 5.69 Å². The summed E-state index contributed by atoms with van der Waals surface area (Å²) in [6.45, 7) is 3.80. The maximum Gasteiger partial charge on any atom is 0.237 e. The lowest BCUT2D eigenvalue weighted by Gasteiger charge is -2.29. The lowest BCUT2D eigenvalue weighted by Crippen LogP contribution is -2.56. The Balaban J connectivity index is 2.64. The van der Waals surface area contributed by atoms with Crippen molar-refractivity contribution in [2.24, 2.45) is 17.4 Å². The van der Waals surface area contributed by atoms with Crippen LogP contribution in [-0.2, 0) is 11.2 Å². The van der Waals surface area contributed by atoms with Gasteiger partial charge in [0.05, 0.1) is 11.9 Å². The summed E-state index contributed by atoms with van der Waals surface area (Å²) in [7, 11) is 0. The molecule has 0 aromatic carbocycles. The number of H-pyrrole nitrogens is 1. The third kappa shape index (κ3) is 2.56. The molecule has 0 aliphatic heterocycles. The van der Waals surface area contributed by atoms with Gasteiger partial charge in [-0.05, 0) is 18.8 Å². The number of nitrogens with zero attached hydrogens (tertiary/aromatic N) is 1. The number of nitrogens with two attached hydrogens (primary N) is 2. The van der Waals surface area contributed by atoms with Gasteiger partial charge in [0.25, 0.3) is 0 Å². The molecule has 0 aliphatic carbocycles. The molecule has 0 radical (unpaired) electrons. The second-order valence-corrected chi connectivity index (χ2v) is 4.14. The highest BCUT2D eigenvalue weighted by Gasteiger charge is 2.34. The van der Waals surface area contributed by atoms with Crippen LogP contribution in [0.2, 0.25) is 0 Å². The lowest BCUT2D eigenvalue weighted by molar-refractivity contribution is -0.124. The molecule has 5 nitrogen and oxygen atoms in total. The van der Waals surface area contributed by atoms with Crippen molar-refractivity contribution in [3.63, 3.8) is 0 Å². The predicted octanol–water partition coefficient (Wildman–Crippen LogP) is 0.181. The molecule has 0 fully saturated rings. The number of carbonyl (C=O) groups excluding carboxylic acids is 1. The largest absolute Gasteiger partial charge is 0.368 e. The fraction of sp³-hybridized carbons (Fsp3) is 0.600. The molecule has 5 N–H and O–H groups in total. The summed E-state index contributed by atoms with van der Waals surface area (Å²) < 4.78 is 0. The molecule has 1 aromatic heterocycles. The Kier molecular flexibility index (Phi) is 3.47. The highest BCUT2D eigenvalue weighted by molar-refractivity contribution is 5.84. The number of amides is 1. The van der Waals surface area contributed by atoms with Crippen molar-refractivity contribution in [2.45, 2.75) is 32.2 Å². The summed E-state index contributed by atoms with van der Waals surface area (Å²) in [6.07, 6.45) is 4.54. The van der Waals surface area contributed by atoms with E-state index >= 15 is 0 Å². The Bertz CT molecular complexity index is 320. The second-order valence-electron chi connectivity index (χ2n) is 4.14. The SMILES string of the molecule is CC(C)[C@@](N)(CCc1cnc[nH]1)C(N)=O. The first kappa shape index (κ1) is 11.7. The second kappa shape index (κ2) is 4.44. The monoisotopic (exact) mass is 210 g/mol. The van der Waals surface area contributed by atoms with E-state index in [4.69, 9.17) is 11.5 Å². The van der Waals surface area contributed by atoms with Gasteiger partial charge in [0, 0.05) is 11.9 Å². The van der Waals surface area contributed by atoms with Crippen LogP contribution in [0.5, 0.6) is 0 Å². The maximum absolute atomic E-state index is 11.3. The van der Waals surface area contributed by atoms with Gasteiger partial charge in [-0.15, -0.1) is 0 Å². The van der Waals surface area contributed by atoms with E-state index in [2.05, 4.69) is 9.97 Å². The molecular weight excluding hydrogens is 192 g/mol. The summed E-state index contributed by atoms with van der Waals surface area (Å²) in [6, 6.07) is 0. The zero-order chi connectivity index (χ0) is 11.5. The topological polar surface area (TPSA) is 97.8 Å². The van der Waals surface area contributed by atoms with E-state index in [9.17, 15) is 4.79 Å². The number of carbonyl (C=O) groups is 1. The summed E-state index contributed by atoms with van der Waals surface area (Å²) in [5.41, 5.74) is 11.3. The molecule has 1 amide bonds. The number of imidazole rings is 1. The molecule has 0 aliphatic rings. The number of aromatic amines is 1. The van der Waals surface area contributed by atoms with E-state index in [1.54, 1.807) is 12.5 Å².